The first kappa shape index (κ1) is 27.0. The van der Waals surface area contributed by atoms with Crippen LogP contribution in [0.2, 0.25) is 0 Å². The smallest absolute Gasteiger partial charge is 0.339 e. The van der Waals surface area contributed by atoms with Gasteiger partial charge in [-0.2, -0.15) is 0 Å². The van der Waals surface area contributed by atoms with Crippen LogP contribution < -0.4 is 0 Å². The van der Waals surface area contributed by atoms with Crippen molar-refractivity contribution in [3.63, 3.8) is 0 Å². The average Bonchev–Trinajstić information content (AvgIpc) is 3.26. The number of aryl methyl sites for hydroxylation is 1. The SMILES string of the molecule is CCOC(=O)C(OC(C)(C)C)c1c(C)c2c(c(C)c1-c1ccc(C)cc1)CN(Cc1ccc(F)cc1)C2. The minimum atomic E-state index is -0.841. The third kappa shape index (κ3) is 5.94. The Morgan fingerprint density at radius 3 is 2.11 bits per heavy atom. The second-order valence-corrected chi connectivity index (χ2v) is 11.0. The van der Waals surface area contributed by atoms with E-state index in [1.165, 1.54) is 28.8 Å². The van der Waals surface area contributed by atoms with E-state index in [0.29, 0.717) is 0 Å². The number of nitrogens with zero attached hydrogens (tertiary/aromatic N) is 1. The fourth-order valence-electron chi connectivity index (χ4n) is 5.26. The van der Waals surface area contributed by atoms with Crippen molar-refractivity contribution in [2.24, 2.45) is 0 Å². The Morgan fingerprint density at radius 2 is 1.54 bits per heavy atom. The average molecular weight is 504 g/mol. The Kier molecular flexibility index (Phi) is 7.86. The maximum atomic E-state index is 13.4. The molecule has 0 aliphatic carbocycles. The first-order chi connectivity index (χ1) is 17.5. The van der Waals surface area contributed by atoms with Gasteiger partial charge in [0.1, 0.15) is 5.82 Å². The Bertz CT molecular complexity index is 1270. The summed E-state index contributed by atoms with van der Waals surface area (Å²) in [6.07, 6.45) is -0.841. The molecule has 1 aliphatic rings. The lowest BCUT2D eigenvalue weighted by Crippen LogP contribution is -2.30. The van der Waals surface area contributed by atoms with Gasteiger partial charge < -0.3 is 9.47 Å². The molecule has 1 aliphatic heterocycles. The zero-order valence-electron chi connectivity index (χ0n) is 23.1. The van der Waals surface area contributed by atoms with Gasteiger partial charge >= 0.3 is 5.97 Å². The molecule has 0 bridgehead atoms. The number of fused-ring (bicyclic) bond motifs is 1. The molecule has 37 heavy (non-hydrogen) atoms. The second kappa shape index (κ2) is 10.8. The number of ether oxygens (including phenoxy) is 2. The van der Waals surface area contributed by atoms with Gasteiger partial charge in [0.05, 0.1) is 12.2 Å². The van der Waals surface area contributed by atoms with E-state index in [1.54, 1.807) is 0 Å². The number of rotatable bonds is 7. The molecule has 4 nitrogen and oxygen atoms in total. The minimum Gasteiger partial charge on any atom is -0.464 e. The summed E-state index contributed by atoms with van der Waals surface area (Å²) in [4.78, 5) is 15.7. The van der Waals surface area contributed by atoms with Gasteiger partial charge in [0.2, 0.25) is 0 Å². The summed E-state index contributed by atoms with van der Waals surface area (Å²) in [6, 6.07) is 15.2. The van der Waals surface area contributed by atoms with Gasteiger partial charge in [-0.3, -0.25) is 4.90 Å². The quantitative estimate of drug-likeness (QED) is 0.316. The molecule has 5 heteroatoms. The third-order valence-electron chi connectivity index (χ3n) is 6.98. The van der Waals surface area contributed by atoms with Crippen LogP contribution >= 0.6 is 0 Å². The van der Waals surface area contributed by atoms with Crippen LogP contribution in [0.1, 0.15) is 72.7 Å². The van der Waals surface area contributed by atoms with Gasteiger partial charge in [0.15, 0.2) is 6.10 Å². The van der Waals surface area contributed by atoms with Crippen molar-refractivity contribution in [1.82, 2.24) is 4.90 Å². The van der Waals surface area contributed by atoms with Gasteiger partial charge in [-0.15, -0.1) is 0 Å². The Labute approximate surface area is 220 Å². The molecule has 0 radical (unpaired) electrons. The van der Waals surface area contributed by atoms with Crippen LogP contribution in [0.3, 0.4) is 0 Å². The van der Waals surface area contributed by atoms with E-state index in [0.717, 1.165) is 53.0 Å². The van der Waals surface area contributed by atoms with Gasteiger partial charge in [0, 0.05) is 25.2 Å². The molecule has 0 N–H and O–H groups in total. The molecule has 0 aromatic heterocycles. The predicted octanol–water partition coefficient (Wildman–Crippen LogP) is 7.35. The number of benzene rings is 3. The standard InChI is InChI=1S/C32H38FNO3/c1-8-36-31(35)30(37-32(5,6)7)29-22(4)27-19-34(17-23-11-15-25(33)16-12-23)18-26(27)21(3)28(29)24-13-9-20(2)10-14-24/h9-16,30H,8,17-19H2,1-7H3. The van der Waals surface area contributed by atoms with E-state index in [1.807, 2.05) is 39.8 Å². The fraction of sp³-hybridized carbons (Fsp3) is 0.406. The van der Waals surface area contributed by atoms with E-state index < -0.39 is 11.7 Å². The summed E-state index contributed by atoms with van der Waals surface area (Å²) in [6.45, 7) is 16.6. The molecule has 1 heterocycles. The molecule has 3 aromatic rings. The number of carbonyl (C=O) groups is 1. The van der Waals surface area contributed by atoms with E-state index >= 15 is 0 Å². The molecular formula is C32H38FNO3. The van der Waals surface area contributed by atoms with Crippen LogP contribution in [-0.2, 0) is 33.9 Å². The number of halogens is 1. The molecule has 0 fully saturated rings. The van der Waals surface area contributed by atoms with Gasteiger partial charge in [0.25, 0.3) is 0 Å². The normalized spacial score (nSPS) is 14.5. The molecule has 0 spiro atoms. The van der Waals surface area contributed by atoms with Gasteiger partial charge in [-0.05, 0) is 99.5 Å². The van der Waals surface area contributed by atoms with E-state index in [4.69, 9.17) is 9.47 Å². The molecule has 1 unspecified atom stereocenters. The van der Waals surface area contributed by atoms with Crippen molar-refractivity contribution in [3.05, 3.63) is 93.3 Å². The van der Waals surface area contributed by atoms with Crippen LogP contribution in [0.25, 0.3) is 11.1 Å². The van der Waals surface area contributed by atoms with E-state index in [9.17, 15) is 9.18 Å². The van der Waals surface area contributed by atoms with Crippen LogP contribution in [0.15, 0.2) is 48.5 Å². The lowest BCUT2D eigenvalue weighted by atomic mass is 9.83. The lowest BCUT2D eigenvalue weighted by molar-refractivity contribution is -0.166. The number of hydrogen-bond donors (Lipinski definition) is 0. The van der Waals surface area contributed by atoms with E-state index in [-0.39, 0.29) is 18.4 Å². The summed E-state index contributed by atoms with van der Waals surface area (Å²) in [5.41, 5.74) is 9.45. The van der Waals surface area contributed by atoms with Crippen molar-refractivity contribution in [1.29, 1.82) is 0 Å². The number of carbonyl (C=O) groups excluding carboxylic acids is 1. The fourth-order valence-corrected chi connectivity index (χ4v) is 5.26. The van der Waals surface area contributed by atoms with Crippen molar-refractivity contribution >= 4 is 5.97 Å². The Hall–Kier alpha value is -3.02. The first-order valence-electron chi connectivity index (χ1n) is 13.0. The summed E-state index contributed by atoms with van der Waals surface area (Å²) >= 11 is 0. The minimum absolute atomic E-state index is 0.226. The highest BCUT2D eigenvalue weighted by Crippen LogP contribution is 2.44. The highest BCUT2D eigenvalue weighted by atomic mass is 19.1. The molecule has 1 atom stereocenters. The zero-order valence-corrected chi connectivity index (χ0v) is 23.1. The number of hydrogen-bond acceptors (Lipinski definition) is 4. The lowest BCUT2D eigenvalue weighted by Gasteiger charge is -2.31. The summed E-state index contributed by atoms with van der Waals surface area (Å²) < 4.78 is 25.4. The van der Waals surface area contributed by atoms with Crippen LogP contribution in [0.5, 0.6) is 0 Å². The maximum absolute atomic E-state index is 13.4. The molecule has 196 valence electrons. The van der Waals surface area contributed by atoms with Crippen molar-refractivity contribution in [3.8, 4) is 11.1 Å². The predicted molar refractivity (Wildman–Crippen MR) is 146 cm³/mol. The van der Waals surface area contributed by atoms with Crippen molar-refractivity contribution in [2.45, 2.75) is 79.8 Å². The van der Waals surface area contributed by atoms with Crippen LogP contribution in [0.4, 0.5) is 4.39 Å². The summed E-state index contributed by atoms with van der Waals surface area (Å²) in [5.74, 6) is -0.592. The van der Waals surface area contributed by atoms with Gasteiger partial charge in [-0.25, -0.2) is 9.18 Å². The molecule has 0 saturated carbocycles. The maximum Gasteiger partial charge on any atom is 0.339 e. The van der Waals surface area contributed by atoms with Crippen LogP contribution in [-0.4, -0.2) is 23.1 Å². The largest absolute Gasteiger partial charge is 0.464 e. The Balaban J connectivity index is 1.86. The second-order valence-electron chi connectivity index (χ2n) is 11.0. The highest BCUT2D eigenvalue weighted by Gasteiger charge is 2.36. The summed E-state index contributed by atoms with van der Waals surface area (Å²) in [5, 5.41) is 0. The topological polar surface area (TPSA) is 38.8 Å². The third-order valence-corrected chi connectivity index (χ3v) is 6.98. The highest BCUT2D eigenvalue weighted by molar-refractivity contribution is 5.85. The van der Waals surface area contributed by atoms with E-state index in [2.05, 4.69) is 49.9 Å². The van der Waals surface area contributed by atoms with Crippen molar-refractivity contribution < 1.29 is 18.7 Å². The first-order valence-corrected chi connectivity index (χ1v) is 13.0. The molecular weight excluding hydrogens is 465 g/mol. The molecule has 4 rings (SSSR count). The van der Waals surface area contributed by atoms with Crippen molar-refractivity contribution in [2.75, 3.05) is 6.61 Å². The molecule has 0 amide bonds. The summed E-state index contributed by atoms with van der Waals surface area (Å²) in [7, 11) is 0. The molecule has 0 saturated heterocycles. The molecule has 3 aromatic carbocycles. The van der Waals surface area contributed by atoms with Crippen LogP contribution in [0, 0.1) is 26.6 Å². The Morgan fingerprint density at radius 1 is 0.946 bits per heavy atom. The number of esters is 1. The monoisotopic (exact) mass is 503 g/mol. The zero-order chi connectivity index (χ0) is 26.9. The van der Waals surface area contributed by atoms with Gasteiger partial charge in [-0.1, -0.05) is 42.0 Å².